The molecule has 0 fully saturated rings. The summed E-state index contributed by atoms with van der Waals surface area (Å²) in [6.07, 6.45) is 10.5. The molecule has 1 atom stereocenters. The molecule has 2 aromatic carbocycles. The maximum Gasteiger partial charge on any atom is 0.310 e. The summed E-state index contributed by atoms with van der Waals surface area (Å²) in [6, 6.07) is 14.0. The molecule has 1 aliphatic heterocycles. The number of amides is 1. The Morgan fingerprint density at radius 1 is 1.08 bits per heavy atom. The molecule has 0 saturated carbocycles. The van der Waals surface area contributed by atoms with Gasteiger partial charge >= 0.3 is 5.91 Å². The fourth-order valence-corrected chi connectivity index (χ4v) is 4.78. The van der Waals surface area contributed by atoms with E-state index < -0.39 is 11.6 Å². The molecule has 2 heterocycles. The summed E-state index contributed by atoms with van der Waals surface area (Å²) in [5.41, 5.74) is 3.19. The number of furan rings is 1. The molecular weight excluding hydrogens is 496 g/mol. The number of rotatable bonds is 7. The molecule has 5 rings (SSSR count). The van der Waals surface area contributed by atoms with Gasteiger partial charge in [0.2, 0.25) is 0 Å². The number of hydrazone groups is 1. The van der Waals surface area contributed by atoms with Crippen molar-refractivity contribution in [2.45, 2.75) is 23.8 Å². The smallest absolute Gasteiger partial charge is 0.310 e. The van der Waals surface area contributed by atoms with Gasteiger partial charge in [0.15, 0.2) is 5.76 Å². The van der Waals surface area contributed by atoms with Crippen LogP contribution in [-0.2, 0) is 4.74 Å². The molecule has 2 aliphatic rings. The lowest BCUT2D eigenvalue weighted by atomic mass is 9.97. The standard InChI is InChI=1S/C28H23F2N3O3S/c1-35-21-6-2-5-19(12-15-21)25-17-24(31-33(25)28(34)26-9-4-16-36-26)18-10-13-20(14-11-18)32-37-27-22(29)7-3-8-23(27)30/h3-16,25,32H,2,17H2,1H3. The number of carbonyl (C=O) groups excluding carboxylic acids is 1. The average molecular weight is 520 g/mol. The highest BCUT2D eigenvalue weighted by molar-refractivity contribution is 8.00. The summed E-state index contributed by atoms with van der Waals surface area (Å²) >= 11 is 0.867. The molecule has 188 valence electrons. The maximum absolute atomic E-state index is 13.9. The Labute approximate surface area is 217 Å². The first-order valence-electron chi connectivity index (χ1n) is 11.6. The van der Waals surface area contributed by atoms with Crippen LogP contribution < -0.4 is 4.72 Å². The summed E-state index contributed by atoms with van der Waals surface area (Å²) in [6.45, 7) is 0. The van der Waals surface area contributed by atoms with Crippen LogP contribution in [0.2, 0.25) is 0 Å². The van der Waals surface area contributed by atoms with Gasteiger partial charge in [0.25, 0.3) is 0 Å². The summed E-state index contributed by atoms with van der Waals surface area (Å²) in [5.74, 6) is -0.621. The summed E-state index contributed by atoms with van der Waals surface area (Å²) < 4.78 is 41.5. The van der Waals surface area contributed by atoms with Gasteiger partial charge in [-0.1, -0.05) is 30.4 Å². The molecular formula is C28H23F2N3O3S. The average Bonchev–Trinajstić information content (AvgIpc) is 3.55. The number of hydrogen-bond donors (Lipinski definition) is 1. The van der Waals surface area contributed by atoms with Gasteiger partial charge in [0, 0.05) is 12.1 Å². The Balaban J connectivity index is 1.36. The van der Waals surface area contributed by atoms with Crippen molar-refractivity contribution in [3.8, 4) is 0 Å². The van der Waals surface area contributed by atoms with Crippen LogP contribution in [0.1, 0.15) is 29.0 Å². The molecule has 1 aliphatic carbocycles. The number of allylic oxidation sites excluding steroid dienone is 3. The highest BCUT2D eigenvalue weighted by Gasteiger charge is 2.35. The topological polar surface area (TPSA) is 67.1 Å². The lowest BCUT2D eigenvalue weighted by Crippen LogP contribution is -2.33. The van der Waals surface area contributed by atoms with Crippen molar-refractivity contribution in [2.75, 3.05) is 11.8 Å². The first kappa shape index (κ1) is 24.6. The van der Waals surface area contributed by atoms with Gasteiger partial charge in [-0.05, 0) is 78.1 Å². The number of hydrogen-bond acceptors (Lipinski definition) is 6. The van der Waals surface area contributed by atoms with Crippen LogP contribution in [0.5, 0.6) is 0 Å². The van der Waals surface area contributed by atoms with Gasteiger partial charge in [-0.25, -0.2) is 13.8 Å². The molecule has 6 nitrogen and oxygen atoms in total. The molecule has 0 spiro atoms. The second kappa shape index (κ2) is 10.9. The van der Waals surface area contributed by atoms with E-state index in [-0.39, 0.29) is 22.6 Å². The summed E-state index contributed by atoms with van der Waals surface area (Å²) in [5, 5.41) is 6.14. The number of methoxy groups -OCH3 is 1. The minimum atomic E-state index is -0.628. The summed E-state index contributed by atoms with van der Waals surface area (Å²) in [7, 11) is 1.62. The third-order valence-electron chi connectivity index (χ3n) is 5.99. The van der Waals surface area contributed by atoms with Gasteiger partial charge in [-0.3, -0.25) is 4.79 Å². The molecule has 1 unspecified atom stereocenters. The van der Waals surface area contributed by atoms with E-state index in [0.29, 0.717) is 18.5 Å². The minimum absolute atomic E-state index is 0.0995. The van der Waals surface area contributed by atoms with Crippen LogP contribution >= 0.6 is 11.9 Å². The van der Waals surface area contributed by atoms with Crippen LogP contribution in [0.3, 0.4) is 0 Å². The van der Waals surface area contributed by atoms with Gasteiger partial charge in [-0.15, -0.1) is 0 Å². The molecule has 3 aromatic rings. The van der Waals surface area contributed by atoms with Gasteiger partial charge < -0.3 is 13.9 Å². The van der Waals surface area contributed by atoms with E-state index in [1.807, 2.05) is 30.4 Å². The maximum atomic E-state index is 13.9. The number of carbonyl (C=O) groups is 1. The molecule has 0 saturated heterocycles. The van der Waals surface area contributed by atoms with Crippen LogP contribution in [-0.4, -0.2) is 29.8 Å². The van der Waals surface area contributed by atoms with Gasteiger partial charge in [0.05, 0.1) is 30.0 Å². The molecule has 37 heavy (non-hydrogen) atoms. The minimum Gasteiger partial charge on any atom is -0.497 e. The number of anilines is 1. The third-order valence-corrected chi connectivity index (χ3v) is 6.92. The summed E-state index contributed by atoms with van der Waals surface area (Å²) in [4.78, 5) is 13.1. The molecule has 9 heteroatoms. The van der Waals surface area contributed by atoms with Crippen molar-refractivity contribution in [3.63, 3.8) is 0 Å². The van der Waals surface area contributed by atoms with E-state index in [1.165, 1.54) is 29.5 Å². The normalized spacial score (nSPS) is 17.1. The molecule has 1 amide bonds. The zero-order chi connectivity index (χ0) is 25.8. The Bertz CT molecular complexity index is 1390. The zero-order valence-corrected chi connectivity index (χ0v) is 20.7. The van der Waals surface area contributed by atoms with E-state index in [0.717, 1.165) is 34.6 Å². The van der Waals surface area contributed by atoms with Crippen molar-refractivity contribution >= 4 is 29.3 Å². The highest BCUT2D eigenvalue weighted by atomic mass is 32.2. The second-order valence-corrected chi connectivity index (χ2v) is 9.13. The SMILES string of the molecule is COC1=CCC=C(C2CC(c3ccc(NSc4c(F)cccc4F)cc3)=NN2C(=O)c2ccco2)C=C1. The van der Waals surface area contributed by atoms with Crippen LogP contribution in [0.25, 0.3) is 0 Å². The molecule has 1 N–H and O–H groups in total. The van der Waals surface area contributed by atoms with Crippen LogP contribution in [0, 0.1) is 11.6 Å². The quantitative estimate of drug-likeness (QED) is 0.351. The van der Waals surface area contributed by atoms with E-state index in [2.05, 4.69) is 15.9 Å². The predicted molar refractivity (Wildman–Crippen MR) is 139 cm³/mol. The predicted octanol–water partition coefficient (Wildman–Crippen LogP) is 6.71. The largest absolute Gasteiger partial charge is 0.497 e. The lowest BCUT2D eigenvalue weighted by molar-refractivity contribution is 0.0704. The van der Waals surface area contributed by atoms with Crippen molar-refractivity contribution in [3.05, 3.63) is 119 Å². The first-order chi connectivity index (χ1) is 18.0. The van der Waals surface area contributed by atoms with Gasteiger partial charge in [-0.2, -0.15) is 5.10 Å². The van der Waals surface area contributed by atoms with Crippen molar-refractivity contribution in [1.29, 1.82) is 0 Å². The number of benzene rings is 2. The number of ether oxygens (including phenoxy) is 1. The highest BCUT2D eigenvalue weighted by Crippen LogP contribution is 2.31. The van der Waals surface area contributed by atoms with Crippen LogP contribution in [0.15, 0.2) is 111 Å². The Kier molecular flexibility index (Phi) is 7.23. The number of nitrogens with one attached hydrogen (secondary N) is 1. The molecule has 0 bridgehead atoms. The fraction of sp³-hybridized carbons (Fsp3) is 0.143. The van der Waals surface area contributed by atoms with Crippen molar-refractivity contribution in [2.24, 2.45) is 5.10 Å². The third kappa shape index (κ3) is 5.36. The zero-order valence-electron chi connectivity index (χ0n) is 19.9. The van der Waals surface area contributed by atoms with Crippen molar-refractivity contribution < 1.29 is 22.7 Å². The molecule has 1 aromatic heterocycles. The van der Waals surface area contributed by atoms with E-state index in [9.17, 15) is 13.6 Å². The Morgan fingerprint density at radius 2 is 1.86 bits per heavy atom. The van der Waals surface area contributed by atoms with E-state index in [4.69, 9.17) is 9.15 Å². The van der Waals surface area contributed by atoms with E-state index >= 15 is 0 Å². The fourth-order valence-electron chi connectivity index (χ4n) is 4.09. The lowest BCUT2D eigenvalue weighted by Gasteiger charge is -2.21. The molecule has 0 radical (unpaired) electrons. The Hall–Kier alpha value is -4.11. The monoisotopic (exact) mass is 519 g/mol. The van der Waals surface area contributed by atoms with E-state index in [1.54, 1.807) is 31.4 Å². The first-order valence-corrected chi connectivity index (χ1v) is 12.4. The van der Waals surface area contributed by atoms with Crippen LogP contribution in [0.4, 0.5) is 14.5 Å². The number of halogens is 2. The number of nitrogens with zero attached hydrogens (tertiary/aromatic N) is 2. The second-order valence-electron chi connectivity index (χ2n) is 8.31. The van der Waals surface area contributed by atoms with Crippen molar-refractivity contribution in [1.82, 2.24) is 5.01 Å². The Morgan fingerprint density at radius 3 is 2.57 bits per heavy atom. The van der Waals surface area contributed by atoms with Gasteiger partial charge in [0.1, 0.15) is 17.4 Å².